The quantitative estimate of drug-likeness (QED) is 0.798. The molecule has 3 rings (SSSR count). The minimum Gasteiger partial charge on any atom is -0.495 e. The number of halogens is 1. The van der Waals surface area contributed by atoms with Gasteiger partial charge in [-0.1, -0.05) is 40.2 Å². The van der Waals surface area contributed by atoms with Crippen LogP contribution in [0.25, 0.3) is 0 Å². The van der Waals surface area contributed by atoms with Crippen molar-refractivity contribution in [1.82, 2.24) is 0 Å². The molecular weight excluding hydrogens is 326 g/mol. The Kier molecular flexibility index (Phi) is 4.20. The number of rotatable bonds is 5. The topological polar surface area (TPSA) is 21.3 Å². The molecule has 1 fully saturated rings. The van der Waals surface area contributed by atoms with Crippen LogP contribution in [0.5, 0.6) is 5.75 Å². The van der Waals surface area contributed by atoms with Crippen molar-refractivity contribution in [3.8, 4) is 5.75 Å². The first-order valence-corrected chi connectivity index (χ1v) is 8.13. The van der Waals surface area contributed by atoms with Crippen LogP contribution in [-0.4, -0.2) is 7.11 Å². The molecule has 2 nitrogen and oxygen atoms in total. The van der Waals surface area contributed by atoms with E-state index in [1.54, 1.807) is 7.11 Å². The number of hydrogen-bond acceptors (Lipinski definition) is 2. The fraction of sp³-hybridized carbons (Fsp3) is 0.333. The van der Waals surface area contributed by atoms with Crippen LogP contribution in [0.3, 0.4) is 0 Å². The molecular formula is C18H20BrNO. The first kappa shape index (κ1) is 14.5. The van der Waals surface area contributed by atoms with Gasteiger partial charge in [-0.3, -0.25) is 0 Å². The number of benzene rings is 2. The molecule has 1 aliphatic carbocycles. The Morgan fingerprint density at radius 2 is 2.05 bits per heavy atom. The van der Waals surface area contributed by atoms with E-state index >= 15 is 0 Å². The summed E-state index contributed by atoms with van der Waals surface area (Å²) in [6, 6.07) is 13.0. The number of ether oxygens (including phenoxy) is 1. The van der Waals surface area contributed by atoms with Crippen molar-refractivity contribution in [2.75, 3.05) is 12.4 Å². The Hall–Kier alpha value is -1.48. The fourth-order valence-corrected chi connectivity index (χ4v) is 3.22. The Balaban J connectivity index is 1.77. The van der Waals surface area contributed by atoms with Gasteiger partial charge in [-0.15, -0.1) is 0 Å². The monoisotopic (exact) mass is 345 g/mol. The number of methoxy groups -OCH3 is 1. The molecule has 3 heteroatoms. The number of hydrogen-bond donors (Lipinski definition) is 1. The number of anilines is 1. The highest BCUT2D eigenvalue weighted by atomic mass is 79.9. The fourth-order valence-electron chi connectivity index (χ4n) is 2.66. The smallest absolute Gasteiger partial charge is 0.143 e. The number of nitrogens with one attached hydrogen (secondary N) is 1. The van der Waals surface area contributed by atoms with E-state index in [4.69, 9.17) is 4.74 Å². The lowest BCUT2D eigenvalue weighted by Crippen LogP contribution is -2.03. The van der Waals surface area contributed by atoms with Gasteiger partial charge in [0.15, 0.2) is 0 Å². The van der Waals surface area contributed by atoms with Gasteiger partial charge >= 0.3 is 0 Å². The summed E-state index contributed by atoms with van der Waals surface area (Å²) < 4.78 is 6.51. The van der Waals surface area contributed by atoms with E-state index in [1.165, 1.54) is 29.5 Å². The van der Waals surface area contributed by atoms with Crippen molar-refractivity contribution < 1.29 is 4.74 Å². The highest BCUT2D eigenvalue weighted by Crippen LogP contribution is 2.40. The summed E-state index contributed by atoms with van der Waals surface area (Å²) in [7, 11) is 1.71. The van der Waals surface area contributed by atoms with Crippen LogP contribution in [0.1, 0.15) is 35.4 Å². The van der Waals surface area contributed by atoms with Gasteiger partial charge in [-0.2, -0.15) is 0 Å². The lowest BCUT2D eigenvalue weighted by atomic mass is 10.1. The second-order valence-corrected chi connectivity index (χ2v) is 6.59. The molecule has 2 aromatic carbocycles. The Bertz CT molecular complexity index is 650. The third kappa shape index (κ3) is 3.41. The van der Waals surface area contributed by atoms with E-state index in [0.717, 1.165) is 28.4 Å². The maximum atomic E-state index is 5.47. The van der Waals surface area contributed by atoms with E-state index in [1.807, 2.05) is 6.07 Å². The van der Waals surface area contributed by atoms with Gasteiger partial charge in [0.25, 0.3) is 0 Å². The highest BCUT2D eigenvalue weighted by molar-refractivity contribution is 9.10. The molecule has 21 heavy (non-hydrogen) atoms. The van der Waals surface area contributed by atoms with Crippen LogP contribution < -0.4 is 10.1 Å². The zero-order valence-corrected chi connectivity index (χ0v) is 14.0. The SMILES string of the molecule is COc1cc(Br)cc(C)c1NCc1cccc(C2CC2)c1. The summed E-state index contributed by atoms with van der Waals surface area (Å²) in [6.45, 7) is 2.91. The van der Waals surface area contributed by atoms with E-state index in [-0.39, 0.29) is 0 Å². The lowest BCUT2D eigenvalue weighted by Gasteiger charge is -2.15. The molecule has 0 unspecified atom stereocenters. The summed E-state index contributed by atoms with van der Waals surface area (Å²) >= 11 is 3.51. The Labute approximate surface area is 134 Å². The molecule has 0 spiro atoms. The van der Waals surface area contributed by atoms with Crippen LogP contribution in [0.15, 0.2) is 40.9 Å². The van der Waals surface area contributed by atoms with Crippen LogP contribution >= 0.6 is 15.9 Å². The van der Waals surface area contributed by atoms with Crippen LogP contribution in [0, 0.1) is 6.92 Å². The average Bonchev–Trinajstić information content (AvgIpc) is 3.30. The van der Waals surface area contributed by atoms with Gasteiger partial charge in [0.05, 0.1) is 12.8 Å². The van der Waals surface area contributed by atoms with Crippen LogP contribution in [0.2, 0.25) is 0 Å². The van der Waals surface area contributed by atoms with Gasteiger partial charge in [0, 0.05) is 11.0 Å². The zero-order valence-electron chi connectivity index (χ0n) is 12.4. The van der Waals surface area contributed by atoms with Gasteiger partial charge < -0.3 is 10.1 Å². The van der Waals surface area contributed by atoms with Gasteiger partial charge in [0.1, 0.15) is 5.75 Å². The minimum absolute atomic E-state index is 0.800. The third-order valence-corrected chi connectivity index (χ3v) is 4.41. The lowest BCUT2D eigenvalue weighted by molar-refractivity contribution is 0.416. The minimum atomic E-state index is 0.800. The molecule has 1 saturated carbocycles. The second-order valence-electron chi connectivity index (χ2n) is 5.67. The molecule has 2 aromatic rings. The van der Waals surface area contributed by atoms with Crippen molar-refractivity contribution in [2.24, 2.45) is 0 Å². The maximum Gasteiger partial charge on any atom is 0.143 e. The average molecular weight is 346 g/mol. The summed E-state index contributed by atoms with van der Waals surface area (Å²) in [5, 5.41) is 3.52. The number of aryl methyl sites for hydroxylation is 1. The highest BCUT2D eigenvalue weighted by Gasteiger charge is 2.23. The first-order valence-electron chi connectivity index (χ1n) is 7.34. The van der Waals surface area contributed by atoms with E-state index in [0.29, 0.717) is 0 Å². The molecule has 1 aliphatic rings. The molecule has 0 aromatic heterocycles. The molecule has 0 atom stereocenters. The molecule has 0 heterocycles. The molecule has 0 amide bonds. The maximum absolute atomic E-state index is 5.47. The molecule has 0 saturated heterocycles. The molecule has 1 N–H and O–H groups in total. The zero-order chi connectivity index (χ0) is 14.8. The summed E-state index contributed by atoms with van der Waals surface area (Å²) in [5.41, 5.74) is 5.05. The normalized spacial score (nSPS) is 14.0. The molecule has 0 bridgehead atoms. The Morgan fingerprint density at radius 1 is 1.24 bits per heavy atom. The summed E-state index contributed by atoms with van der Waals surface area (Å²) in [4.78, 5) is 0. The van der Waals surface area contributed by atoms with E-state index < -0.39 is 0 Å². The standard InChI is InChI=1S/C18H20BrNO/c1-12-8-16(19)10-17(21-2)18(12)20-11-13-4-3-5-15(9-13)14-6-7-14/h3-5,8-10,14,20H,6-7,11H2,1-2H3. The summed E-state index contributed by atoms with van der Waals surface area (Å²) in [6.07, 6.45) is 2.69. The molecule has 110 valence electrons. The van der Waals surface area contributed by atoms with Crippen LogP contribution in [-0.2, 0) is 6.54 Å². The first-order chi connectivity index (χ1) is 10.2. The van der Waals surface area contributed by atoms with Crippen molar-refractivity contribution in [3.05, 3.63) is 57.6 Å². The van der Waals surface area contributed by atoms with Crippen molar-refractivity contribution in [1.29, 1.82) is 0 Å². The van der Waals surface area contributed by atoms with Gasteiger partial charge in [0.2, 0.25) is 0 Å². The largest absolute Gasteiger partial charge is 0.495 e. The Morgan fingerprint density at radius 3 is 2.76 bits per heavy atom. The van der Waals surface area contributed by atoms with Crippen molar-refractivity contribution >= 4 is 21.6 Å². The van der Waals surface area contributed by atoms with Crippen molar-refractivity contribution in [2.45, 2.75) is 32.2 Å². The van der Waals surface area contributed by atoms with Gasteiger partial charge in [-0.05, 0) is 54.5 Å². The van der Waals surface area contributed by atoms with Crippen molar-refractivity contribution in [3.63, 3.8) is 0 Å². The van der Waals surface area contributed by atoms with Crippen LogP contribution in [0.4, 0.5) is 5.69 Å². The van der Waals surface area contributed by atoms with Gasteiger partial charge in [-0.25, -0.2) is 0 Å². The third-order valence-electron chi connectivity index (χ3n) is 3.95. The summed E-state index contributed by atoms with van der Waals surface area (Å²) in [5.74, 6) is 1.68. The molecule has 0 radical (unpaired) electrons. The molecule has 0 aliphatic heterocycles. The predicted molar refractivity (Wildman–Crippen MR) is 91.2 cm³/mol. The predicted octanol–water partition coefficient (Wildman–Crippen LogP) is 5.26. The van der Waals surface area contributed by atoms with E-state index in [2.05, 4.69) is 58.5 Å². The van der Waals surface area contributed by atoms with E-state index in [9.17, 15) is 0 Å². The second kappa shape index (κ2) is 6.10.